The van der Waals surface area contributed by atoms with Crippen LogP contribution in [-0.4, -0.2) is 29.1 Å². The topological polar surface area (TPSA) is 55.0 Å². The number of para-hydroxylation sites is 1. The molecule has 1 fully saturated rings. The van der Waals surface area contributed by atoms with Gasteiger partial charge >= 0.3 is 0 Å². The quantitative estimate of drug-likeness (QED) is 0.907. The van der Waals surface area contributed by atoms with Crippen molar-refractivity contribution in [3.05, 3.63) is 30.6 Å². The summed E-state index contributed by atoms with van der Waals surface area (Å²) in [6.45, 7) is 1.72. The molecule has 0 bridgehead atoms. The number of aromatic nitrogens is 2. The Morgan fingerprint density at radius 2 is 1.95 bits per heavy atom. The number of hydrogen-bond donors (Lipinski definition) is 1. The summed E-state index contributed by atoms with van der Waals surface area (Å²) in [5.41, 5.74) is 6.73. The molecular weight excluding hydrogens is 248 g/mol. The van der Waals surface area contributed by atoms with Gasteiger partial charge in [0, 0.05) is 18.0 Å². The van der Waals surface area contributed by atoms with Crippen molar-refractivity contribution in [2.75, 3.05) is 18.0 Å². The van der Waals surface area contributed by atoms with E-state index in [0.29, 0.717) is 6.04 Å². The summed E-state index contributed by atoms with van der Waals surface area (Å²) in [4.78, 5) is 11.4. The molecule has 2 N–H and O–H groups in total. The second-order valence-corrected chi connectivity index (χ2v) is 5.49. The van der Waals surface area contributed by atoms with Gasteiger partial charge in [0.1, 0.15) is 12.1 Å². The molecule has 2 aromatic rings. The SMILES string of the molecule is NCCCN(c1ncnc2ccccc12)C1CCCC1. The van der Waals surface area contributed by atoms with Crippen LogP contribution in [0, 0.1) is 0 Å². The number of nitrogens with zero attached hydrogens (tertiary/aromatic N) is 3. The molecule has 4 nitrogen and oxygen atoms in total. The van der Waals surface area contributed by atoms with Crippen LogP contribution in [0.25, 0.3) is 10.9 Å². The summed E-state index contributed by atoms with van der Waals surface area (Å²) in [5, 5.41) is 1.15. The molecule has 4 heteroatoms. The molecule has 1 aromatic heterocycles. The Hall–Kier alpha value is -1.68. The van der Waals surface area contributed by atoms with Gasteiger partial charge in [-0.15, -0.1) is 0 Å². The molecule has 1 saturated carbocycles. The zero-order chi connectivity index (χ0) is 13.8. The van der Waals surface area contributed by atoms with Crippen LogP contribution in [-0.2, 0) is 0 Å². The fourth-order valence-electron chi connectivity index (χ4n) is 3.16. The molecule has 1 aliphatic rings. The molecule has 1 aromatic carbocycles. The van der Waals surface area contributed by atoms with E-state index >= 15 is 0 Å². The van der Waals surface area contributed by atoms with Gasteiger partial charge in [-0.3, -0.25) is 0 Å². The van der Waals surface area contributed by atoms with E-state index in [4.69, 9.17) is 5.73 Å². The Kier molecular flexibility index (Phi) is 4.11. The number of fused-ring (bicyclic) bond motifs is 1. The second kappa shape index (κ2) is 6.18. The van der Waals surface area contributed by atoms with E-state index in [9.17, 15) is 0 Å². The predicted octanol–water partition coefficient (Wildman–Crippen LogP) is 2.73. The summed E-state index contributed by atoms with van der Waals surface area (Å²) < 4.78 is 0. The third-order valence-electron chi connectivity index (χ3n) is 4.16. The Balaban J connectivity index is 1.99. The van der Waals surface area contributed by atoms with Crippen LogP contribution < -0.4 is 10.6 Å². The van der Waals surface area contributed by atoms with Gasteiger partial charge in [-0.25, -0.2) is 9.97 Å². The summed E-state index contributed by atoms with van der Waals surface area (Å²) >= 11 is 0. The molecule has 0 spiro atoms. The van der Waals surface area contributed by atoms with Gasteiger partial charge in [-0.2, -0.15) is 0 Å². The van der Waals surface area contributed by atoms with Gasteiger partial charge in [0.2, 0.25) is 0 Å². The predicted molar refractivity (Wildman–Crippen MR) is 82.8 cm³/mol. The molecule has 0 radical (unpaired) electrons. The first kappa shape index (κ1) is 13.3. The van der Waals surface area contributed by atoms with Crippen molar-refractivity contribution in [3.8, 4) is 0 Å². The first-order valence-electron chi connectivity index (χ1n) is 7.56. The maximum absolute atomic E-state index is 5.71. The Morgan fingerprint density at radius 1 is 1.15 bits per heavy atom. The van der Waals surface area contributed by atoms with E-state index < -0.39 is 0 Å². The molecule has 0 unspecified atom stereocenters. The highest BCUT2D eigenvalue weighted by atomic mass is 15.2. The standard InChI is InChI=1S/C16H22N4/c17-10-5-11-20(13-6-1-2-7-13)16-14-8-3-4-9-15(14)18-12-19-16/h3-4,8-9,12-13H,1-2,5-7,10-11,17H2. The molecular formula is C16H22N4. The van der Waals surface area contributed by atoms with Crippen molar-refractivity contribution in [2.24, 2.45) is 5.73 Å². The number of benzene rings is 1. The molecule has 1 heterocycles. The van der Waals surface area contributed by atoms with Crippen LogP contribution in [0.1, 0.15) is 32.1 Å². The van der Waals surface area contributed by atoms with E-state index in [-0.39, 0.29) is 0 Å². The van der Waals surface area contributed by atoms with Crippen LogP contribution in [0.5, 0.6) is 0 Å². The minimum absolute atomic E-state index is 0.611. The van der Waals surface area contributed by atoms with Gasteiger partial charge in [0.05, 0.1) is 5.52 Å². The summed E-state index contributed by atoms with van der Waals surface area (Å²) in [6.07, 6.45) is 7.88. The second-order valence-electron chi connectivity index (χ2n) is 5.49. The fraction of sp³-hybridized carbons (Fsp3) is 0.500. The summed E-state index contributed by atoms with van der Waals surface area (Å²) in [5.74, 6) is 1.08. The highest BCUT2D eigenvalue weighted by molar-refractivity contribution is 5.89. The number of hydrogen-bond acceptors (Lipinski definition) is 4. The molecule has 0 amide bonds. The maximum atomic E-state index is 5.71. The smallest absolute Gasteiger partial charge is 0.140 e. The molecule has 1 aliphatic carbocycles. The van der Waals surface area contributed by atoms with Gasteiger partial charge < -0.3 is 10.6 Å². The highest BCUT2D eigenvalue weighted by Gasteiger charge is 2.24. The monoisotopic (exact) mass is 270 g/mol. The number of rotatable bonds is 5. The largest absolute Gasteiger partial charge is 0.353 e. The average Bonchev–Trinajstić information content (AvgIpc) is 3.02. The molecule has 3 rings (SSSR count). The van der Waals surface area contributed by atoms with Crippen molar-refractivity contribution in [2.45, 2.75) is 38.1 Å². The van der Waals surface area contributed by atoms with E-state index in [1.807, 2.05) is 6.07 Å². The van der Waals surface area contributed by atoms with Crippen molar-refractivity contribution in [1.82, 2.24) is 9.97 Å². The molecule has 0 aliphatic heterocycles. The van der Waals surface area contributed by atoms with Crippen molar-refractivity contribution < 1.29 is 0 Å². The number of anilines is 1. The third-order valence-corrected chi connectivity index (χ3v) is 4.16. The highest BCUT2D eigenvalue weighted by Crippen LogP contribution is 2.30. The van der Waals surface area contributed by atoms with Crippen LogP contribution in [0.4, 0.5) is 5.82 Å². The lowest BCUT2D eigenvalue weighted by molar-refractivity contribution is 0.588. The van der Waals surface area contributed by atoms with Gasteiger partial charge in [0.25, 0.3) is 0 Å². The Morgan fingerprint density at radius 3 is 2.75 bits per heavy atom. The van der Waals surface area contributed by atoms with Gasteiger partial charge in [-0.1, -0.05) is 25.0 Å². The summed E-state index contributed by atoms with van der Waals surface area (Å²) in [7, 11) is 0. The van der Waals surface area contributed by atoms with Crippen molar-refractivity contribution in [3.63, 3.8) is 0 Å². The minimum atomic E-state index is 0.611. The van der Waals surface area contributed by atoms with E-state index in [0.717, 1.165) is 36.2 Å². The first-order chi connectivity index (χ1) is 9.90. The van der Waals surface area contributed by atoms with Crippen LogP contribution in [0.2, 0.25) is 0 Å². The van der Waals surface area contributed by atoms with Crippen molar-refractivity contribution in [1.29, 1.82) is 0 Å². The third kappa shape index (κ3) is 2.61. The average molecular weight is 270 g/mol. The fourth-order valence-corrected chi connectivity index (χ4v) is 3.16. The van der Waals surface area contributed by atoms with Crippen LogP contribution in [0.3, 0.4) is 0 Å². The summed E-state index contributed by atoms with van der Waals surface area (Å²) in [6, 6.07) is 8.87. The first-order valence-corrected chi connectivity index (χ1v) is 7.56. The molecule has 0 saturated heterocycles. The normalized spacial score (nSPS) is 15.8. The lowest BCUT2D eigenvalue weighted by atomic mass is 10.1. The van der Waals surface area contributed by atoms with Gasteiger partial charge in [-0.05, 0) is 37.9 Å². The maximum Gasteiger partial charge on any atom is 0.140 e. The lowest BCUT2D eigenvalue weighted by Gasteiger charge is -2.30. The lowest BCUT2D eigenvalue weighted by Crippen LogP contribution is -2.35. The van der Waals surface area contributed by atoms with Crippen LogP contribution >= 0.6 is 0 Å². The van der Waals surface area contributed by atoms with E-state index in [1.165, 1.54) is 25.7 Å². The Bertz CT molecular complexity index is 558. The van der Waals surface area contributed by atoms with E-state index in [2.05, 4.69) is 33.1 Å². The minimum Gasteiger partial charge on any atom is -0.353 e. The van der Waals surface area contributed by atoms with Gasteiger partial charge in [0.15, 0.2) is 0 Å². The zero-order valence-corrected chi connectivity index (χ0v) is 11.8. The zero-order valence-electron chi connectivity index (χ0n) is 11.8. The molecule has 0 atom stereocenters. The van der Waals surface area contributed by atoms with E-state index in [1.54, 1.807) is 6.33 Å². The number of nitrogens with two attached hydrogens (primary N) is 1. The Labute approximate surface area is 120 Å². The molecule has 20 heavy (non-hydrogen) atoms. The van der Waals surface area contributed by atoms with Crippen LogP contribution in [0.15, 0.2) is 30.6 Å². The van der Waals surface area contributed by atoms with Crippen molar-refractivity contribution >= 4 is 16.7 Å². The molecule has 106 valence electrons.